The van der Waals surface area contributed by atoms with Gasteiger partial charge in [-0.25, -0.2) is 0 Å². The molecule has 0 saturated heterocycles. The van der Waals surface area contributed by atoms with E-state index in [2.05, 4.69) is 12.2 Å². The minimum Gasteiger partial charge on any atom is -1.00 e. The topological polar surface area (TPSA) is 46.2 Å². The molecule has 0 aliphatic carbocycles. The number of hydrogen-bond donors (Lipinski definition) is 1. The maximum atomic E-state index is 10.9. The van der Waals surface area contributed by atoms with Crippen molar-refractivity contribution in [2.24, 2.45) is 0 Å². The van der Waals surface area contributed by atoms with Crippen molar-refractivity contribution in [1.82, 2.24) is 5.32 Å². The number of amides is 2. The van der Waals surface area contributed by atoms with Gasteiger partial charge >= 0.3 is 29.6 Å². The van der Waals surface area contributed by atoms with Crippen molar-refractivity contribution in [2.45, 2.75) is 71.1 Å². The zero-order valence-electron chi connectivity index (χ0n) is 12.5. The Labute approximate surface area is 129 Å². The number of nitrogens with one attached hydrogen (secondary N) is 1. The summed E-state index contributed by atoms with van der Waals surface area (Å²) in [6.07, 6.45) is 12.1. The first-order valence-corrected chi connectivity index (χ1v) is 6.54. The Kier molecular flexibility index (Phi) is 18.5. The van der Waals surface area contributed by atoms with E-state index in [1.807, 2.05) is 0 Å². The molecule has 0 aromatic heterocycles. The molecule has 0 heterocycles. The predicted molar refractivity (Wildman–Crippen MR) is 67.2 cm³/mol. The minimum absolute atomic E-state index is 0. The van der Waals surface area contributed by atoms with Crippen LogP contribution in [0.4, 0.5) is 0 Å². The summed E-state index contributed by atoms with van der Waals surface area (Å²) >= 11 is 0. The number of carbonyl (C=O) groups is 2. The summed E-state index contributed by atoms with van der Waals surface area (Å²) in [6, 6.07) is 0. The molecule has 0 unspecified atom stereocenters. The quantitative estimate of drug-likeness (QED) is 0.326. The van der Waals surface area contributed by atoms with Crippen LogP contribution in [0.1, 0.15) is 72.6 Å². The van der Waals surface area contributed by atoms with Crippen LogP contribution in [0.5, 0.6) is 0 Å². The fourth-order valence-corrected chi connectivity index (χ4v) is 1.73. The molecule has 0 rings (SSSR count). The van der Waals surface area contributed by atoms with Crippen molar-refractivity contribution >= 4 is 12.3 Å². The van der Waals surface area contributed by atoms with Crippen LogP contribution in [-0.2, 0) is 9.59 Å². The number of unbranched alkanes of at least 4 members (excludes halogenated alkanes) is 8. The first-order chi connectivity index (χ1) is 7.81. The van der Waals surface area contributed by atoms with Gasteiger partial charge in [0.2, 0.25) is 12.3 Å². The molecule has 2 amide bonds. The van der Waals surface area contributed by atoms with Crippen molar-refractivity contribution in [3.8, 4) is 0 Å². The normalized spacial score (nSPS) is 9.47. The second kappa shape index (κ2) is 16.1. The van der Waals surface area contributed by atoms with Crippen molar-refractivity contribution in [2.75, 3.05) is 0 Å². The Morgan fingerprint density at radius 1 is 1.00 bits per heavy atom. The van der Waals surface area contributed by atoms with Crippen LogP contribution in [-0.4, -0.2) is 12.3 Å². The molecule has 0 aromatic carbocycles. The Morgan fingerprint density at radius 2 is 1.47 bits per heavy atom. The summed E-state index contributed by atoms with van der Waals surface area (Å²) in [4.78, 5) is 20.9. The van der Waals surface area contributed by atoms with Crippen LogP contribution >= 0.6 is 0 Å². The zero-order valence-corrected chi connectivity index (χ0v) is 13.5. The van der Waals surface area contributed by atoms with E-state index in [4.69, 9.17) is 0 Å². The molecule has 96 valence electrons. The van der Waals surface area contributed by atoms with Gasteiger partial charge < -0.3 is 1.43 Å². The molecule has 0 aromatic rings. The average molecular weight is 251 g/mol. The molecule has 1 N–H and O–H groups in total. The molecule has 0 aliphatic heterocycles. The third-order valence-corrected chi connectivity index (χ3v) is 2.73. The molecule has 0 fully saturated rings. The Balaban J connectivity index is -0.00000112. The van der Waals surface area contributed by atoms with Gasteiger partial charge in [0.15, 0.2) is 0 Å². The van der Waals surface area contributed by atoms with Crippen LogP contribution in [0.2, 0.25) is 0 Å². The number of carbonyl (C=O) groups excluding carboxylic acids is 2. The van der Waals surface area contributed by atoms with Gasteiger partial charge in [-0.1, -0.05) is 58.3 Å². The first kappa shape index (κ1) is 19.5. The predicted octanol–water partition coefficient (Wildman–Crippen LogP) is 0.296. The maximum Gasteiger partial charge on any atom is 1.00 e. The van der Waals surface area contributed by atoms with E-state index in [1.54, 1.807) is 0 Å². The van der Waals surface area contributed by atoms with Crippen LogP contribution in [0.25, 0.3) is 0 Å². The third kappa shape index (κ3) is 16.1. The maximum absolute atomic E-state index is 10.9. The van der Waals surface area contributed by atoms with E-state index in [0.29, 0.717) is 12.8 Å². The monoisotopic (exact) mass is 251 g/mol. The fourth-order valence-electron chi connectivity index (χ4n) is 1.73. The molecule has 3 nitrogen and oxygen atoms in total. The van der Waals surface area contributed by atoms with Gasteiger partial charge in [-0.15, -0.1) is 0 Å². The molecule has 0 spiro atoms. The van der Waals surface area contributed by atoms with Gasteiger partial charge in [0.1, 0.15) is 0 Å². The molecule has 0 aliphatic rings. The van der Waals surface area contributed by atoms with E-state index < -0.39 is 0 Å². The Morgan fingerprint density at radius 3 is 1.94 bits per heavy atom. The Bertz CT molecular complexity index is 192. The average Bonchev–Trinajstić information content (AvgIpc) is 2.27. The van der Waals surface area contributed by atoms with Gasteiger partial charge in [-0.3, -0.25) is 14.9 Å². The summed E-state index contributed by atoms with van der Waals surface area (Å²) in [5.74, 6) is -0.155. The third-order valence-electron chi connectivity index (χ3n) is 2.73. The van der Waals surface area contributed by atoms with Crippen molar-refractivity contribution in [1.29, 1.82) is 0 Å². The van der Waals surface area contributed by atoms with Crippen LogP contribution in [0.15, 0.2) is 0 Å². The Hall–Kier alpha value is 0.140. The second-order valence-corrected chi connectivity index (χ2v) is 4.26. The number of rotatable bonds is 11. The van der Waals surface area contributed by atoms with E-state index in [-0.39, 0.29) is 36.9 Å². The fraction of sp³-hybridized carbons (Fsp3) is 0.846. The second-order valence-electron chi connectivity index (χ2n) is 4.26. The van der Waals surface area contributed by atoms with Gasteiger partial charge in [-0.2, -0.15) is 0 Å². The van der Waals surface area contributed by atoms with Gasteiger partial charge in [-0.05, 0) is 6.42 Å². The standard InChI is InChI=1S/C13H25NO2.Na.H/c1-2-3-4-5-6-7-8-9-10-11-13(16)14-12-15;;/h12H,2-11H2,1H3,(H,14,15,16);;/q;+1;-1. The molecular formula is C13H26NNaO2. The van der Waals surface area contributed by atoms with Crippen LogP contribution < -0.4 is 34.9 Å². The smallest absolute Gasteiger partial charge is 1.00 e. The van der Waals surface area contributed by atoms with Crippen molar-refractivity contribution in [3.05, 3.63) is 0 Å². The number of hydrogen-bond acceptors (Lipinski definition) is 2. The van der Waals surface area contributed by atoms with Crippen molar-refractivity contribution in [3.63, 3.8) is 0 Å². The van der Waals surface area contributed by atoms with Crippen molar-refractivity contribution < 1.29 is 40.6 Å². The van der Waals surface area contributed by atoms with Gasteiger partial charge in [0, 0.05) is 6.42 Å². The largest absolute Gasteiger partial charge is 1.00 e. The summed E-state index contributed by atoms with van der Waals surface area (Å²) in [5, 5.41) is 2.15. The molecule has 4 heteroatoms. The SMILES string of the molecule is CCCCCCCCCCCC(=O)NC=O.[H-].[Na+]. The summed E-state index contributed by atoms with van der Waals surface area (Å²) in [6.45, 7) is 2.23. The van der Waals surface area contributed by atoms with E-state index in [9.17, 15) is 9.59 Å². The molecular weight excluding hydrogens is 225 g/mol. The van der Waals surface area contributed by atoms with E-state index in [0.717, 1.165) is 12.8 Å². The molecule has 0 radical (unpaired) electrons. The van der Waals surface area contributed by atoms with Gasteiger partial charge in [0.05, 0.1) is 0 Å². The summed E-state index contributed by atoms with van der Waals surface area (Å²) in [7, 11) is 0. The number of imide groups is 1. The summed E-state index contributed by atoms with van der Waals surface area (Å²) in [5.41, 5.74) is 0. The molecule has 0 saturated carbocycles. The molecule has 0 atom stereocenters. The first-order valence-electron chi connectivity index (χ1n) is 6.54. The molecule has 0 bridgehead atoms. The summed E-state index contributed by atoms with van der Waals surface area (Å²) < 4.78 is 0. The van der Waals surface area contributed by atoms with Crippen LogP contribution in [0.3, 0.4) is 0 Å². The molecule has 17 heavy (non-hydrogen) atoms. The van der Waals surface area contributed by atoms with E-state index >= 15 is 0 Å². The zero-order chi connectivity index (χ0) is 12.1. The van der Waals surface area contributed by atoms with E-state index in [1.165, 1.54) is 44.9 Å². The van der Waals surface area contributed by atoms with Crippen LogP contribution in [0, 0.1) is 0 Å². The minimum atomic E-state index is -0.155. The van der Waals surface area contributed by atoms with Gasteiger partial charge in [0.25, 0.3) is 0 Å².